The Morgan fingerprint density at radius 2 is 2.11 bits per heavy atom. The molecule has 0 spiro atoms. The Kier molecular flexibility index (Phi) is 5.48. The second kappa shape index (κ2) is 6.64. The number of halogens is 1. The Morgan fingerprint density at radius 1 is 1.44 bits per heavy atom. The predicted octanol–water partition coefficient (Wildman–Crippen LogP) is 3.18. The number of aryl methyl sites for hydroxylation is 1. The van der Waals surface area contributed by atoms with Crippen molar-refractivity contribution in [1.29, 1.82) is 0 Å². The third kappa shape index (κ3) is 3.39. The van der Waals surface area contributed by atoms with Crippen molar-refractivity contribution in [3.8, 4) is 5.75 Å². The van der Waals surface area contributed by atoms with Crippen LogP contribution in [0.4, 0.5) is 0 Å². The van der Waals surface area contributed by atoms with E-state index < -0.39 is 0 Å². The first kappa shape index (κ1) is 14.8. The number of hydrogen-bond donors (Lipinski definition) is 1. The van der Waals surface area contributed by atoms with Crippen molar-refractivity contribution in [3.05, 3.63) is 29.3 Å². The summed E-state index contributed by atoms with van der Waals surface area (Å²) in [5.74, 6) is 0.450. The van der Waals surface area contributed by atoms with Crippen LogP contribution in [0.1, 0.15) is 36.2 Å². The summed E-state index contributed by atoms with van der Waals surface area (Å²) in [7, 11) is 0. The molecule has 0 saturated heterocycles. The van der Waals surface area contributed by atoms with Crippen molar-refractivity contribution in [2.75, 3.05) is 12.4 Å². The van der Waals surface area contributed by atoms with Gasteiger partial charge in [-0.05, 0) is 38.8 Å². The average Bonchev–Trinajstić information content (AvgIpc) is 2.32. The molecule has 0 atom stereocenters. The van der Waals surface area contributed by atoms with Crippen molar-refractivity contribution in [1.82, 2.24) is 4.90 Å². The Hall–Kier alpha value is -1.22. The number of rotatable bonds is 5. The van der Waals surface area contributed by atoms with Crippen LogP contribution in [0.15, 0.2) is 18.2 Å². The van der Waals surface area contributed by atoms with Crippen LogP contribution in [0.5, 0.6) is 5.75 Å². The zero-order valence-corrected chi connectivity index (χ0v) is 11.9. The number of hydrogen-bond acceptors (Lipinski definition) is 2. The highest BCUT2D eigenvalue weighted by atomic mass is 35.5. The van der Waals surface area contributed by atoms with Gasteiger partial charge in [0.1, 0.15) is 5.75 Å². The van der Waals surface area contributed by atoms with Gasteiger partial charge >= 0.3 is 0 Å². The third-order valence-electron chi connectivity index (χ3n) is 2.89. The van der Waals surface area contributed by atoms with Gasteiger partial charge in [0.05, 0.1) is 5.56 Å². The van der Waals surface area contributed by atoms with Crippen LogP contribution in [0.25, 0.3) is 0 Å². The highest BCUT2D eigenvalue weighted by Gasteiger charge is 2.21. The Labute approximate surface area is 113 Å². The molecule has 0 radical (unpaired) electrons. The standard InChI is InChI=1S/C14H20ClNO2/c1-10(2)16(9-5-8-15)14(18)12-7-4-6-11(3)13(12)17/h4,6-7,10,17H,5,8-9H2,1-3H3. The molecule has 3 nitrogen and oxygen atoms in total. The Morgan fingerprint density at radius 3 is 2.67 bits per heavy atom. The van der Waals surface area contributed by atoms with Gasteiger partial charge in [-0.1, -0.05) is 12.1 Å². The van der Waals surface area contributed by atoms with Crippen LogP contribution in [-0.4, -0.2) is 34.4 Å². The maximum atomic E-state index is 12.4. The molecule has 100 valence electrons. The molecule has 1 aromatic rings. The number of carbonyl (C=O) groups excluding carboxylic acids is 1. The van der Waals surface area contributed by atoms with Crippen LogP contribution in [0, 0.1) is 6.92 Å². The SMILES string of the molecule is Cc1cccc(C(=O)N(CCCCl)C(C)C)c1O. The Bertz CT molecular complexity index is 418. The average molecular weight is 270 g/mol. The Balaban J connectivity index is 2.98. The number of phenols is 1. The summed E-state index contributed by atoms with van der Waals surface area (Å²) in [6.07, 6.45) is 0.748. The van der Waals surface area contributed by atoms with Gasteiger partial charge < -0.3 is 10.0 Å². The molecule has 1 rings (SSSR count). The number of alkyl halides is 1. The third-order valence-corrected chi connectivity index (χ3v) is 3.15. The highest BCUT2D eigenvalue weighted by molar-refractivity contribution is 6.17. The monoisotopic (exact) mass is 269 g/mol. The summed E-state index contributed by atoms with van der Waals surface area (Å²) >= 11 is 5.67. The molecule has 4 heteroatoms. The van der Waals surface area contributed by atoms with E-state index in [0.29, 0.717) is 23.6 Å². The van der Waals surface area contributed by atoms with Crippen molar-refractivity contribution >= 4 is 17.5 Å². The van der Waals surface area contributed by atoms with Crippen molar-refractivity contribution in [2.24, 2.45) is 0 Å². The number of amides is 1. The van der Waals surface area contributed by atoms with Crippen molar-refractivity contribution in [2.45, 2.75) is 33.2 Å². The molecule has 0 aromatic heterocycles. The minimum absolute atomic E-state index is 0.0685. The smallest absolute Gasteiger partial charge is 0.257 e. The number of nitrogens with zero attached hydrogens (tertiary/aromatic N) is 1. The van der Waals surface area contributed by atoms with Gasteiger partial charge in [-0.2, -0.15) is 0 Å². The quantitative estimate of drug-likeness (QED) is 0.834. The fraction of sp³-hybridized carbons (Fsp3) is 0.500. The van der Waals surface area contributed by atoms with Crippen molar-refractivity contribution in [3.63, 3.8) is 0 Å². The number of phenolic OH excluding ortho intramolecular Hbond substituents is 1. The summed E-state index contributed by atoms with van der Waals surface area (Å²) < 4.78 is 0. The molecule has 0 aliphatic carbocycles. The molecule has 1 amide bonds. The van der Waals surface area contributed by atoms with E-state index in [-0.39, 0.29) is 17.7 Å². The van der Waals surface area contributed by atoms with Crippen LogP contribution < -0.4 is 0 Å². The molecule has 0 unspecified atom stereocenters. The number of benzene rings is 1. The maximum absolute atomic E-state index is 12.4. The summed E-state index contributed by atoms with van der Waals surface area (Å²) in [5.41, 5.74) is 1.07. The second-order valence-corrected chi connectivity index (χ2v) is 4.98. The summed E-state index contributed by atoms with van der Waals surface area (Å²) in [6, 6.07) is 5.30. The fourth-order valence-electron chi connectivity index (χ4n) is 1.81. The maximum Gasteiger partial charge on any atom is 0.257 e. The van der Waals surface area contributed by atoms with Gasteiger partial charge in [-0.3, -0.25) is 4.79 Å². The van der Waals surface area contributed by atoms with E-state index in [1.54, 1.807) is 30.0 Å². The number of para-hydroxylation sites is 1. The zero-order valence-electron chi connectivity index (χ0n) is 11.1. The lowest BCUT2D eigenvalue weighted by Crippen LogP contribution is -2.38. The molecule has 1 aromatic carbocycles. The summed E-state index contributed by atoms with van der Waals surface area (Å²) in [5, 5.41) is 9.95. The lowest BCUT2D eigenvalue weighted by atomic mass is 10.1. The van der Waals surface area contributed by atoms with Gasteiger partial charge in [0.2, 0.25) is 0 Å². The molecule has 18 heavy (non-hydrogen) atoms. The first-order valence-corrected chi connectivity index (χ1v) is 6.68. The van der Waals surface area contributed by atoms with Crippen LogP contribution in [0.2, 0.25) is 0 Å². The number of carbonyl (C=O) groups is 1. The topological polar surface area (TPSA) is 40.5 Å². The van der Waals surface area contributed by atoms with E-state index in [1.165, 1.54) is 0 Å². The molecule has 0 aliphatic heterocycles. The predicted molar refractivity (Wildman–Crippen MR) is 74.4 cm³/mol. The normalized spacial score (nSPS) is 10.7. The minimum atomic E-state index is -0.142. The van der Waals surface area contributed by atoms with Gasteiger partial charge in [-0.25, -0.2) is 0 Å². The van der Waals surface area contributed by atoms with Gasteiger partial charge in [0.25, 0.3) is 5.91 Å². The van der Waals surface area contributed by atoms with Gasteiger partial charge in [0.15, 0.2) is 0 Å². The van der Waals surface area contributed by atoms with Crippen LogP contribution in [0.3, 0.4) is 0 Å². The second-order valence-electron chi connectivity index (χ2n) is 4.61. The summed E-state index contributed by atoms with van der Waals surface area (Å²) in [6.45, 7) is 6.30. The van der Waals surface area contributed by atoms with E-state index in [9.17, 15) is 9.90 Å². The largest absolute Gasteiger partial charge is 0.507 e. The van der Waals surface area contributed by atoms with E-state index in [1.807, 2.05) is 13.8 Å². The number of aromatic hydroxyl groups is 1. The molecule has 0 fully saturated rings. The van der Waals surface area contributed by atoms with Crippen LogP contribution >= 0.6 is 11.6 Å². The lowest BCUT2D eigenvalue weighted by molar-refractivity contribution is 0.0703. The molecule has 0 bridgehead atoms. The lowest BCUT2D eigenvalue weighted by Gasteiger charge is -2.27. The molecular weight excluding hydrogens is 250 g/mol. The molecule has 0 heterocycles. The van der Waals surface area contributed by atoms with E-state index in [0.717, 1.165) is 6.42 Å². The van der Waals surface area contributed by atoms with Gasteiger partial charge in [-0.15, -0.1) is 11.6 Å². The van der Waals surface area contributed by atoms with E-state index in [2.05, 4.69) is 0 Å². The van der Waals surface area contributed by atoms with Gasteiger partial charge in [0, 0.05) is 18.5 Å². The minimum Gasteiger partial charge on any atom is -0.507 e. The molecule has 0 saturated carbocycles. The molecule has 1 N–H and O–H groups in total. The summed E-state index contributed by atoms with van der Waals surface area (Å²) in [4.78, 5) is 14.1. The first-order chi connectivity index (χ1) is 8.49. The fourth-order valence-corrected chi connectivity index (χ4v) is 1.93. The first-order valence-electron chi connectivity index (χ1n) is 6.14. The zero-order chi connectivity index (χ0) is 13.7. The van der Waals surface area contributed by atoms with E-state index >= 15 is 0 Å². The van der Waals surface area contributed by atoms with Crippen LogP contribution in [-0.2, 0) is 0 Å². The van der Waals surface area contributed by atoms with E-state index in [4.69, 9.17) is 11.6 Å². The van der Waals surface area contributed by atoms with Crippen molar-refractivity contribution < 1.29 is 9.90 Å². The molecular formula is C14H20ClNO2. The molecule has 0 aliphatic rings. The highest BCUT2D eigenvalue weighted by Crippen LogP contribution is 2.23.